The Bertz CT molecular complexity index is 515. The van der Waals surface area contributed by atoms with Crippen molar-refractivity contribution in [1.29, 1.82) is 0 Å². The van der Waals surface area contributed by atoms with Crippen LogP contribution >= 0.6 is 11.6 Å². The van der Waals surface area contributed by atoms with Crippen molar-refractivity contribution in [3.63, 3.8) is 0 Å². The number of hydrogen-bond donors (Lipinski definition) is 3. The molecule has 102 valence electrons. The van der Waals surface area contributed by atoms with E-state index < -0.39 is 17.8 Å². The van der Waals surface area contributed by atoms with Gasteiger partial charge in [0.1, 0.15) is 0 Å². The van der Waals surface area contributed by atoms with Crippen molar-refractivity contribution in [2.24, 2.45) is 0 Å². The molecule has 0 aliphatic heterocycles. The van der Waals surface area contributed by atoms with Gasteiger partial charge in [-0.15, -0.1) is 0 Å². The maximum atomic E-state index is 11.5. The lowest BCUT2D eigenvalue weighted by atomic mass is 10.2. The Balaban J connectivity index is 2.65. The van der Waals surface area contributed by atoms with Crippen molar-refractivity contribution in [3.05, 3.63) is 28.8 Å². The van der Waals surface area contributed by atoms with E-state index in [1.54, 1.807) is 0 Å². The first-order valence-corrected chi connectivity index (χ1v) is 5.82. The van der Waals surface area contributed by atoms with Crippen molar-refractivity contribution in [2.75, 3.05) is 5.32 Å². The summed E-state index contributed by atoms with van der Waals surface area (Å²) >= 11 is 5.83. The predicted octanol–water partition coefficient (Wildman–Crippen LogP) is 2.23. The van der Waals surface area contributed by atoms with Gasteiger partial charge in [-0.2, -0.15) is 0 Å². The largest absolute Gasteiger partial charge is 0.481 e. The number of carboxylic acids is 2. The summed E-state index contributed by atoms with van der Waals surface area (Å²) in [6.07, 6.45) is 0.133. The molecule has 1 aromatic carbocycles. The van der Waals surface area contributed by atoms with Crippen LogP contribution in [0.25, 0.3) is 0 Å². The number of hydrogen-bond acceptors (Lipinski definition) is 3. The highest BCUT2D eigenvalue weighted by molar-refractivity contribution is 6.33. The Hall–Kier alpha value is -2.08. The van der Waals surface area contributed by atoms with Crippen LogP contribution < -0.4 is 5.32 Å². The molecule has 1 amide bonds. The van der Waals surface area contributed by atoms with Crippen LogP contribution in [0.5, 0.6) is 0 Å². The maximum absolute atomic E-state index is 11.5. The van der Waals surface area contributed by atoms with Crippen molar-refractivity contribution in [1.82, 2.24) is 0 Å². The molecule has 7 heteroatoms. The smallest absolute Gasteiger partial charge is 0.335 e. The van der Waals surface area contributed by atoms with Gasteiger partial charge in [-0.25, -0.2) is 4.79 Å². The highest BCUT2D eigenvalue weighted by atomic mass is 35.5. The first kappa shape index (κ1) is 15.0. The average Bonchev–Trinajstić information content (AvgIpc) is 2.31. The number of carbonyl (C=O) groups excluding carboxylic acids is 1. The number of nitrogens with one attached hydrogen (secondary N) is 1. The number of aromatic carboxylic acids is 1. The molecule has 0 saturated carbocycles. The second-order valence-electron chi connectivity index (χ2n) is 3.80. The number of anilines is 1. The first-order valence-electron chi connectivity index (χ1n) is 5.44. The van der Waals surface area contributed by atoms with Crippen molar-refractivity contribution >= 4 is 35.1 Å². The molecule has 1 rings (SSSR count). The number of benzene rings is 1. The minimum atomic E-state index is -1.13. The van der Waals surface area contributed by atoms with Gasteiger partial charge in [0.15, 0.2) is 0 Å². The van der Waals surface area contributed by atoms with Gasteiger partial charge in [-0.1, -0.05) is 11.6 Å². The normalized spacial score (nSPS) is 9.95. The fourth-order valence-corrected chi connectivity index (χ4v) is 1.53. The van der Waals surface area contributed by atoms with E-state index in [9.17, 15) is 14.4 Å². The van der Waals surface area contributed by atoms with E-state index in [4.69, 9.17) is 21.8 Å². The molecule has 1 aromatic rings. The lowest BCUT2D eigenvalue weighted by Gasteiger charge is -2.07. The van der Waals surface area contributed by atoms with E-state index in [1.807, 2.05) is 0 Å². The molecule has 0 radical (unpaired) electrons. The van der Waals surface area contributed by atoms with E-state index in [-0.39, 0.29) is 35.5 Å². The minimum absolute atomic E-state index is 0.00485. The van der Waals surface area contributed by atoms with Crippen LogP contribution in [-0.4, -0.2) is 28.1 Å². The van der Waals surface area contributed by atoms with Gasteiger partial charge in [0.2, 0.25) is 5.91 Å². The number of aliphatic carboxylic acids is 1. The molecule has 0 aliphatic carbocycles. The average molecular weight is 286 g/mol. The summed E-state index contributed by atoms with van der Waals surface area (Å²) in [5.41, 5.74) is 0.201. The molecular formula is C12H12ClNO5. The van der Waals surface area contributed by atoms with Gasteiger partial charge in [0, 0.05) is 12.8 Å². The van der Waals surface area contributed by atoms with Gasteiger partial charge in [-0.05, 0) is 24.6 Å². The van der Waals surface area contributed by atoms with Gasteiger partial charge in [-0.3, -0.25) is 9.59 Å². The zero-order chi connectivity index (χ0) is 14.4. The SMILES string of the molecule is O=C(O)CCCC(=O)Nc1cc(C(=O)O)ccc1Cl. The zero-order valence-corrected chi connectivity index (χ0v) is 10.6. The van der Waals surface area contributed by atoms with E-state index in [0.29, 0.717) is 0 Å². The van der Waals surface area contributed by atoms with Gasteiger partial charge < -0.3 is 15.5 Å². The predicted molar refractivity (Wildman–Crippen MR) is 68.5 cm³/mol. The van der Waals surface area contributed by atoms with Crippen LogP contribution in [-0.2, 0) is 9.59 Å². The molecule has 0 saturated heterocycles. The lowest BCUT2D eigenvalue weighted by Crippen LogP contribution is -2.13. The number of rotatable bonds is 6. The Morgan fingerprint density at radius 2 is 1.84 bits per heavy atom. The van der Waals surface area contributed by atoms with Gasteiger partial charge in [0.25, 0.3) is 0 Å². The Kier molecular flexibility index (Phi) is 5.32. The fraction of sp³-hybridized carbons (Fsp3) is 0.250. The number of amides is 1. The van der Waals surface area contributed by atoms with Gasteiger partial charge >= 0.3 is 11.9 Å². The molecule has 0 heterocycles. The third kappa shape index (κ3) is 4.97. The van der Waals surface area contributed by atoms with E-state index in [0.717, 1.165) is 0 Å². The van der Waals surface area contributed by atoms with Crippen LogP contribution in [0.15, 0.2) is 18.2 Å². The van der Waals surface area contributed by atoms with Crippen LogP contribution in [0, 0.1) is 0 Å². The molecule has 0 atom stereocenters. The quantitative estimate of drug-likeness (QED) is 0.743. The summed E-state index contributed by atoms with van der Waals surface area (Å²) in [6, 6.07) is 3.95. The highest BCUT2D eigenvalue weighted by Crippen LogP contribution is 2.23. The maximum Gasteiger partial charge on any atom is 0.335 e. The molecule has 0 bridgehead atoms. The summed E-state index contributed by atoms with van der Waals surface area (Å²) in [7, 11) is 0. The minimum Gasteiger partial charge on any atom is -0.481 e. The molecular weight excluding hydrogens is 274 g/mol. The fourth-order valence-electron chi connectivity index (χ4n) is 1.37. The van der Waals surface area contributed by atoms with E-state index in [2.05, 4.69) is 5.32 Å². The molecule has 19 heavy (non-hydrogen) atoms. The van der Waals surface area contributed by atoms with Crippen molar-refractivity contribution < 1.29 is 24.6 Å². The molecule has 0 aromatic heterocycles. The Morgan fingerprint density at radius 1 is 1.16 bits per heavy atom. The number of carboxylic acid groups (broad SMARTS) is 2. The second-order valence-corrected chi connectivity index (χ2v) is 4.20. The molecule has 0 spiro atoms. The highest BCUT2D eigenvalue weighted by Gasteiger charge is 2.10. The third-order valence-corrected chi connectivity index (χ3v) is 2.61. The first-order chi connectivity index (χ1) is 8.90. The number of carbonyl (C=O) groups is 3. The Morgan fingerprint density at radius 3 is 2.42 bits per heavy atom. The van der Waals surface area contributed by atoms with Crippen molar-refractivity contribution in [3.8, 4) is 0 Å². The summed E-state index contributed by atoms with van der Waals surface area (Å²) in [6.45, 7) is 0. The third-order valence-electron chi connectivity index (χ3n) is 2.28. The molecule has 3 N–H and O–H groups in total. The molecule has 0 aliphatic rings. The molecule has 0 fully saturated rings. The molecule has 0 unspecified atom stereocenters. The van der Waals surface area contributed by atoms with E-state index >= 15 is 0 Å². The monoisotopic (exact) mass is 285 g/mol. The Labute approximate surface area is 114 Å². The van der Waals surface area contributed by atoms with E-state index in [1.165, 1.54) is 18.2 Å². The molecule has 6 nitrogen and oxygen atoms in total. The standard InChI is InChI=1S/C12H12ClNO5/c13-8-5-4-7(12(18)19)6-9(8)14-10(15)2-1-3-11(16)17/h4-6H,1-3H2,(H,14,15)(H,16,17)(H,18,19). The second kappa shape index (κ2) is 6.75. The van der Waals surface area contributed by atoms with Crippen LogP contribution in [0.1, 0.15) is 29.6 Å². The van der Waals surface area contributed by atoms with Crippen LogP contribution in [0.2, 0.25) is 5.02 Å². The summed E-state index contributed by atoms with van der Waals surface area (Å²) in [5, 5.41) is 19.9. The topological polar surface area (TPSA) is 104 Å². The number of halogens is 1. The summed E-state index contributed by atoms with van der Waals surface area (Å²) < 4.78 is 0. The lowest BCUT2D eigenvalue weighted by molar-refractivity contribution is -0.137. The van der Waals surface area contributed by atoms with Crippen LogP contribution in [0.4, 0.5) is 5.69 Å². The summed E-state index contributed by atoms with van der Waals surface area (Å²) in [5.74, 6) is -2.51. The van der Waals surface area contributed by atoms with Crippen molar-refractivity contribution in [2.45, 2.75) is 19.3 Å². The van der Waals surface area contributed by atoms with Crippen LogP contribution in [0.3, 0.4) is 0 Å². The summed E-state index contributed by atoms with van der Waals surface area (Å²) in [4.78, 5) is 32.6. The zero-order valence-electron chi connectivity index (χ0n) is 9.85. The van der Waals surface area contributed by atoms with Gasteiger partial charge in [0.05, 0.1) is 16.3 Å².